The van der Waals surface area contributed by atoms with Gasteiger partial charge in [0.1, 0.15) is 5.82 Å². The number of benzene rings is 3. The number of likely N-dealkylation sites (tertiary alicyclic amines) is 1. The minimum absolute atomic E-state index is 0. The Balaban J connectivity index is 0.00000210. The highest BCUT2D eigenvalue weighted by Crippen LogP contribution is 2.27. The molecular weight excluding hydrogens is 554 g/mol. The largest absolute Gasteiger partial charge is 0.299 e. The number of Topliss-reactive ketones (excluding diaryl/α,β-unsaturated/α-hetero) is 1. The average molecular weight is 592 g/mol. The molecule has 3 nitrogen and oxygen atoms in total. The minimum atomic E-state index is -0.198. The Hall–Kier alpha value is -1.95. The van der Waals surface area contributed by atoms with E-state index in [2.05, 4.69) is 28.0 Å². The molecule has 2 aliphatic rings. The summed E-state index contributed by atoms with van der Waals surface area (Å²) >= 11 is 6.34. The maximum Gasteiger partial charge on any atom is 0.162 e. The van der Waals surface area contributed by atoms with E-state index in [0.717, 1.165) is 87.5 Å². The van der Waals surface area contributed by atoms with Crippen LogP contribution in [0.25, 0.3) is 0 Å². The summed E-state index contributed by atoms with van der Waals surface area (Å²) in [6, 6.07) is 21.2. The van der Waals surface area contributed by atoms with Crippen molar-refractivity contribution in [3.05, 3.63) is 105 Å². The predicted octanol–water partition coefficient (Wildman–Crippen LogP) is 8.15. The fourth-order valence-electron chi connectivity index (χ4n) is 5.77. The standard InChI is InChI=1S/C32H36ClFN2O.2ClH/c33-31-6-2-1-4-28(31)22-35-18-15-24(16-19-35)9-14-32(37)27-11-10-26-5-3-17-36(23-29(26)20-27)21-25-7-12-30(34)13-8-25;;/h1-2,4,6-8,10-13,20,24H,3,5,9,14-19,21-23H2;2*1H. The molecule has 0 bridgehead atoms. The quantitative estimate of drug-likeness (QED) is 0.247. The number of ketones is 1. The maximum absolute atomic E-state index is 13.3. The Morgan fingerprint density at radius 2 is 1.62 bits per heavy atom. The summed E-state index contributed by atoms with van der Waals surface area (Å²) in [5.74, 6) is 0.671. The van der Waals surface area contributed by atoms with Crippen LogP contribution in [0.1, 0.15) is 64.7 Å². The zero-order valence-corrected chi connectivity index (χ0v) is 24.7. The van der Waals surface area contributed by atoms with Crippen molar-refractivity contribution in [3.63, 3.8) is 0 Å². The van der Waals surface area contributed by atoms with Gasteiger partial charge in [-0.05, 0) is 104 Å². The van der Waals surface area contributed by atoms with Crippen molar-refractivity contribution in [3.8, 4) is 0 Å². The van der Waals surface area contributed by atoms with Crippen LogP contribution in [0, 0.1) is 11.7 Å². The van der Waals surface area contributed by atoms with Crippen LogP contribution in [0.2, 0.25) is 5.02 Å². The molecular formula is C32H38Cl3FN2O. The number of hydrogen-bond acceptors (Lipinski definition) is 3. The molecule has 3 aromatic carbocycles. The highest BCUT2D eigenvalue weighted by atomic mass is 35.5. The smallest absolute Gasteiger partial charge is 0.162 e. The number of aryl methyl sites for hydroxylation is 1. The third kappa shape index (κ3) is 8.77. The lowest BCUT2D eigenvalue weighted by atomic mass is 9.89. The normalized spacial score (nSPS) is 16.5. The van der Waals surface area contributed by atoms with Crippen LogP contribution in [-0.4, -0.2) is 35.2 Å². The fraction of sp³-hybridized carbons (Fsp3) is 0.406. The molecule has 210 valence electrons. The summed E-state index contributed by atoms with van der Waals surface area (Å²) in [7, 11) is 0. The van der Waals surface area contributed by atoms with Gasteiger partial charge in [0.2, 0.25) is 0 Å². The number of carbonyl (C=O) groups excluding carboxylic acids is 1. The lowest BCUT2D eigenvalue weighted by molar-refractivity contribution is 0.0961. The van der Waals surface area contributed by atoms with Crippen molar-refractivity contribution in [2.45, 2.75) is 58.2 Å². The third-order valence-corrected chi connectivity index (χ3v) is 8.37. The first-order valence-corrected chi connectivity index (χ1v) is 14.0. The number of carbonyl (C=O) groups is 1. The van der Waals surface area contributed by atoms with Crippen LogP contribution < -0.4 is 0 Å². The molecule has 1 saturated heterocycles. The molecule has 7 heteroatoms. The monoisotopic (exact) mass is 590 g/mol. The molecule has 0 saturated carbocycles. The van der Waals surface area contributed by atoms with E-state index in [-0.39, 0.29) is 36.4 Å². The molecule has 0 unspecified atom stereocenters. The second-order valence-corrected chi connectivity index (χ2v) is 11.1. The van der Waals surface area contributed by atoms with Gasteiger partial charge in [-0.2, -0.15) is 0 Å². The van der Waals surface area contributed by atoms with Gasteiger partial charge in [0.25, 0.3) is 0 Å². The molecule has 3 aromatic rings. The number of nitrogens with zero attached hydrogens (tertiary/aromatic N) is 2. The fourth-order valence-corrected chi connectivity index (χ4v) is 5.96. The van der Waals surface area contributed by atoms with Gasteiger partial charge in [0.05, 0.1) is 0 Å². The summed E-state index contributed by atoms with van der Waals surface area (Å²) in [6.07, 6.45) is 5.99. The van der Waals surface area contributed by atoms with Gasteiger partial charge in [0.15, 0.2) is 5.78 Å². The molecule has 0 aromatic heterocycles. The first kappa shape index (κ1) is 31.6. The molecule has 0 atom stereocenters. The molecule has 0 N–H and O–H groups in total. The molecule has 0 radical (unpaired) electrons. The summed E-state index contributed by atoms with van der Waals surface area (Å²) in [4.78, 5) is 18.0. The van der Waals surface area contributed by atoms with Gasteiger partial charge in [-0.15, -0.1) is 24.8 Å². The lowest BCUT2D eigenvalue weighted by Gasteiger charge is -2.32. The van der Waals surface area contributed by atoms with Crippen LogP contribution in [0.4, 0.5) is 4.39 Å². The number of fused-ring (bicyclic) bond motifs is 1. The maximum atomic E-state index is 13.3. The lowest BCUT2D eigenvalue weighted by Crippen LogP contribution is -2.33. The Kier molecular flexibility index (Phi) is 12.3. The minimum Gasteiger partial charge on any atom is -0.299 e. The topological polar surface area (TPSA) is 23.6 Å². The molecule has 2 heterocycles. The summed E-state index contributed by atoms with van der Waals surface area (Å²) < 4.78 is 13.3. The van der Waals surface area contributed by atoms with Gasteiger partial charge in [0, 0.05) is 36.6 Å². The van der Waals surface area contributed by atoms with Crippen molar-refractivity contribution in [1.82, 2.24) is 9.80 Å². The van der Waals surface area contributed by atoms with Crippen molar-refractivity contribution >= 4 is 42.2 Å². The van der Waals surface area contributed by atoms with Gasteiger partial charge in [-0.3, -0.25) is 14.6 Å². The Bertz CT molecular complexity index is 1210. The Morgan fingerprint density at radius 1 is 0.872 bits per heavy atom. The average Bonchev–Trinajstić information content (AvgIpc) is 3.12. The van der Waals surface area contributed by atoms with Crippen LogP contribution in [-0.2, 0) is 26.1 Å². The number of rotatable bonds is 8. The first-order chi connectivity index (χ1) is 18.0. The van der Waals surface area contributed by atoms with E-state index in [1.54, 1.807) is 0 Å². The molecule has 1 fully saturated rings. The van der Waals surface area contributed by atoms with E-state index in [9.17, 15) is 9.18 Å². The van der Waals surface area contributed by atoms with Crippen LogP contribution in [0.3, 0.4) is 0 Å². The van der Waals surface area contributed by atoms with E-state index >= 15 is 0 Å². The van der Waals surface area contributed by atoms with Crippen molar-refractivity contribution < 1.29 is 9.18 Å². The first-order valence-electron chi connectivity index (χ1n) is 13.6. The van der Waals surface area contributed by atoms with Crippen molar-refractivity contribution in [2.75, 3.05) is 19.6 Å². The number of halogens is 4. The van der Waals surface area contributed by atoms with E-state index < -0.39 is 0 Å². The van der Waals surface area contributed by atoms with E-state index in [1.807, 2.05) is 36.4 Å². The predicted molar refractivity (Wildman–Crippen MR) is 163 cm³/mol. The van der Waals surface area contributed by atoms with Crippen LogP contribution in [0.15, 0.2) is 66.7 Å². The van der Waals surface area contributed by atoms with Gasteiger partial charge in [-0.1, -0.05) is 54.1 Å². The summed E-state index contributed by atoms with van der Waals surface area (Å²) in [6.45, 7) is 5.66. The van der Waals surface area contributed by atoms with Gasteiger partial charge in [-0.25, -0.2) is 4.39 Å². The highest BCUT2D eigenvalue weighted by Gasteiger charge is 2.22. The second-order valence-electron chi connectivity index (χ2n) is 10.7. The van der Waals surface area contributed by atoms with Crippen LogP contribution in [0.5, 0.6) is 0 Å². The van der Waals surface area contributed by atoms with Gasteiger partial charge >= 0.3 is 0 Å². The SMILES string of the molecule is Cl.Cl.O=C(CCC1CCN(Cc2ccccc2Cl)CC1)c1ccc2c(c1)CN(Cc1ccc(F)cc1)CCC2. The zero-order valence-electron chi connectivity index (χ0n) is 22.3. The van der Waals surface area contributed by atoms with E-state index in [0.29, 0.717) is 12.3 Å². The molecule has 5 rings (SSSR count). The highest BCUT2D eigenvalue weighted by molar-refractivity contribution is 6.31. The van der Waals surface area contributed by atoms with E-state index in [4.69, 9.17) is 11.6 Å². The zero-order chi connectivity index (χ0) is 25.6. The van der Waals surface area contributed by atoms with Crippen molar-refractivity contribution in [1.29, 1.82) is 0 Å². The van der Waals surface area contributed by atoms with Crippen molar-refractivity contribution in [2.24, 2.45) is 5.92 Å². The summed E-state index contributed by atoms with van der Waals surface area (Å²) in [5.41, 5.74) is 5.77. The number of hydrogen-bond donors (Lipinski definition) is 0. The molecule has 39 heavy (non-hydrogen) atoms. The Morgan fingerprint density at radius 3 is 2.36 bits per heavy atom. The second kappa shape index (κ2) is 15.2. The van der Waals surface area contributed by atoms with E-state index in [1.165, 1.54) is 28.8 Å². The molecule has 0 aliphatic carbocycles. The molecule has 0 spiro atoms. The molecule has 2 aliphatic heterocycles. The number of piperidine rings is 1. The third-order valence-electron chi connectivity index (χ3n) is 8.00. The van der Waals surface area contributed by atoms with Gasteiger partial charge < -0.3 is 0 Å². The Labute approximate surface area is 249 Å². The summed E-state index contributed by atoms with van der Waals surface area (Å²) in [5, 5.41) is 0.842. The molecule has 0 amide bonds. The van der Waals surface area contributed by atoms with Crippen LogP contribution >= 0.6 is 36.4 Å².